The maximum atomic E-state index is 12.3. The predicted molar refractivity (Wildman–Crippen MR) is 98.1 cm³/mol. The van der Waals surface area contributed by atoms with Gasteiger partial charge in [0.25, 0.3) is 5.91 Å². The number of hydrogen-bond acceptors (Lipinski definition) is 4. The van der Waals surface area contributed by atoms with E-state index in [1.807, 2.05) is 30.3 Å². The molecule has 5 nitrogen and oxygen atoms in total. The Morgan fingerprint density at radius 1 is 1.16 bits per heavy atom. The van der Waals surface area contributed by atoms with Crippen LogP contribution in [-0.2, 0) is 19.7 Å². The number of carbonyl (C=O) groups is 2. The molecule has 1 amide bonds. The van der Waals surface area contributed by atoms with Crippen LogP contribution in [0.5, 0.6) is 0 Å². The highest BCUT2D eigenvalue weighted by Crippen LogP contribution is 2.26. The number of carbonyl (C=O) groups excluding carboxylic acids is 2. The number of halogens is 2. The molecule has 1 heterocycles. The molecule has 7 heteroatoms. The van der Waals surface area contributed by atoms with Crippen molar-refractivity contribution in [2.45, 2.75) is 26.2 Å². The Labute approximate surface area is 156 Å². The van der Waals surface area contributed by atoms with Crippen LogP contribution >= 0.6 is 23.2 Å². The van der Waals surface area contributed by atoms with Crippen molar-refractivity contribution in [3.05, 3.63) is 57.7 Å². The van der Waals surface area contributed by atoms with Gasteiger partial charge in [-0.15, -0.1) is 0 Å². The first kappa shape index (κ1) is 19.2. The maximum absolute atomic E-state index is 12.3. The van der Waals surface area contributed by atoms with E-state index in [4.69, 9.17) is 27.9 Å². The highest BCUT2D eigenvalue weighted by molar-refractivity contribution is 6.36. The Kier molecular flexibility index (Phi) is 6.03. The van der Waals surface area contributed by atoms with Gasteiger partial charge in [0.1, 0.15) is 0 Å². The molecule has 1 aromatic heterocycles. The van der Waals surface area contributed by atoms with Crippen LogP contribution < -0.4 is 5.32 Å². The molecule has 0 unspecified atom stereocenters. The fourth-order valence-corrected chi connectivity index (χ4v) is 2.50. The van der Waals surface area contributed by atoms with Gasteiger partial charge in [-0.25, -0.2) is 4.98 Å². The molecule has 2 aromatic rings. The van der Waals surface area contributed by atoms with Gasteiger partial charge in [-0.2, -0.15) is 0 Å². The number of amides is 1. The molecule has 1 aromatic carbocycles. The quantitative estimate of drug-likeness (QED) is 0.790. The van der Waals surface area contributed by atoms with Crippen molar-refractivity contribution in [1.29, 1.82) is 0 Å². The Bertz CT molecular complexity index is 792. The smallest absolute Gasteiger partial charge is 0.316 e. The number of benzene rings is 1. The van der Waals surface area contributed by atoms with E-state index in [-0.39, 0.29) is 10.8 Å². The van der Waals surface area contributed by atoms with Crippen molar-refractivity contribution in [2.24, 2.45) is 0 Å². The first-order valence-corrected chi connectivity index (χ1v) is 8.32. The van der Waals surface area contributed by atoms with Crippen LogP contribution in [-0.4, -0.2) is 23.5 Å². The van der Waals surface area contributed by atoms with E-state index >= 15 is 0 Å². The number of nitrogens with one attached hydrogen (secondary N) is 1. The predicted octanol–water partition coefficient (Wildman–Crippen LogP) is 4.16. The van der Waals surface area contributed by atoms with Crippen LogP contribution in [0.3, 0.4) is 0 Å². The van der Waals surface area contributed by atoms with Gasteiger partial charge in [0.2, 0.25) is 0 Å². The van der Waals surface area contributed by atoms with Crippen LogP contribution in [0.1, 0.15) is 25.1 Å². The number of pyridine rings is 1. The summed E-state index contributed by atoms with van der Waals surface area (Å²) in [6.45, 7) is 4.73. The summed E-state index contributed by atoms with van der Waals surface area (Å²) in [5.74, 6) is -0.861. The van der Waals surface area contributed by atoms with Gasteiger partial charge in [0, 0.05) is 0 Å². The maximum Gasteiger partial charge on any atom is 0.316 e. The molecular weight excluding hydrogens is 363 g/mol. The van der Waals surface area contributed by atoms with E-state index in [1.165, 1.54) is 6.07 Å². The summed E-state index contributed by atoms with van der Waals surface area (Å²) in [6.07, 6.45) is 0. The van der Waals surface area contributed by atoms with E-state index in [9.17, 15) is 9.59 Å². The van der Waals surface area contributed by atoms with E-state index in [0.717, 1.165) is 5.56 Å². The zero-order valence-corrected chi connectivity index (χ0v) is 15.6. The third-order valence-electron chi connectivity index (χ3n) is 3.70. The lowest BCUT2D eigenvalue weighted by Gasteiger charge is -2.22. The lowest BCUT2D eigenvalue weighted by molar-refractivity contribution is -0.152. The number of hydrogen-bond donors (Lipinski definition) is 1. The molecule has 0 saturated carbocycles. The van der Waals surface area contributed by atoms with Crippen LogP contribution in [0.15, 0.2) is 36.4 Å². The van der Waals surface area contributed by atoms with E-state index in [2.05, 4.69) is 10.3 Å². The highest BCUT2D eigenvalue weighted by atomic mass is 35.5. The standard InChI is InChI=1S/C18H18Cl2N2O3/c1-11-13(19)9-14(20)16(21-11)22-15(23)10-25-17(24)18(2,3)12-7-5-4-6-8-12/h4-9H,10H2,1-3H3,(H,21,22,23). The molecule has 0 aliphatic heterocycles. The number of aryl methyl sites for hydroxylation is 1. The molecule has 0 saturated heterocycles. The largest absolute Gasteiger partial charge is 0.455 e. The van der Waals surface area contributed by atoms with Crippen LogP contribution in [0, 0.1) is 6.92 Å². The van der Waals surface area contributed by atoms with Gasteiger partial charge >= 0.3 is 5.97 Å². The number of anilines is 1. The normalized spacial score (nSPS) is 11.1. The minimum atomic E-state index is -0.867. The monoisotopic (exact) mass is 380 g/mol. The van der Waals surface area contributed by atoms with Gasteiger partial charge in [0.05, 0.1) is 21.2 Å². The Balaban J connectivity index is 1.98. The number of rotatable bonds is 5. The number of aromatic nitrogens is 1. The van der Waals surface area contributed by atoms with Crippen LogP contribution in [0.2, 0.25) is 10.0 Å². The Morgan fingerprint density at radius 2 is 1.80 bits per heavy atom. The second-order valence-electron chi connectivity index (χ2n) is 6.00. The highest BCUT2D eigenvalue weighted by Gasteiger charge is 2.31. The van der Waals surface area contributed by atoms with E-state index < -0.39 is 23.9 Å². The Hall–Kier alpha value is -2.11. The third kappa shape index (κ3) is 4.71. The first-order valence-electron chi connectivity index (χ1n) is 7.57. The average molecular weight is 381 g/mol. The molecule has 0 bridgehead atoms. The average Bonchev–Trinajstić information content (AvgIpc) is 2.58. The van der Waals surface area contributed by atoms with Crippen molar-refractivity contribution in [2.75, 3.05) is 11.9 Å². The zero-order chi connectivity index (χ0) is 18.6. The number of nitrogens with zero attached hydrogens (tertiary/aromatic N) is 1. The van der Waals surface area contributed by atoms with Gasteiger partial charge in [-0.05, 0) is 32.4 Å². The molecular formula is C18H18Cl2N2O3. The third-order valence-corrected chi connectivity index (χ3v) is 4.37. The SMILES string of the molecule is Cc1nc(NC(=O)COC(=O)C(C)(C)c2ccccc2)c(Cl)cc1Cl. The molecule has 25 heavy (non-hydrogen) atoms. The second kappa shape index (κ2) is 7.85. The van der Waals surface area contributed by atoms with Crippen molar-refractivity contribution in [3.63, 3.8) is 0 Å². The van der Waals surface area contributed by atoms with E-state index in [1.54, 1.807) is 20.8 Å². The second-order valence-corrected chi connectivity index (χ2v) is 6.82. The molecule has 2 rings (SSSR count). The lowest BCUT2D eigenvalue weighted by Crippen LogP contribution is -2.33. The fourth-order valence-electron chi connectivity index (χ4n) is 2.10. The summed E-state index contributed by atoms with van der Waals surface area (Å²) in [4.78, 5) is 28.4. The van der Waals surface area contributed by atoms with Gasteiger partial charge in [-0.1, -0.05) is 53.5 Å². The van der Waals surface area contributed by atoms with Gasteiger partial charge < -0.3 is 10.1 Å². The summed E-state index contributed by atoms with van der Waals surface area (Å²) >= 11 is 11.9. The number of ether oxygens (including phenoxy) is 1. The zero-order valence-electron chi connectivity index (χ0n) is 14.1. The lowest BCUT2D eigenvalue weighted by atomic mass is 9.85. The van der Waals surface area contributed by atoms with Gasteiger partial charge in [0.15, 0.2) is 12.4 Å². The van der Waals surface area contributed by atoms with Crippen molar-refractivity contribution in [3.8, 4) is 0 Å². The van der Waals surface area contributed by atoms with Crippen LogP contribution in [0.4, 0.5) is 5.82 Å². The summed E-state index contributed by atoms with van der Waals surface area (Å²) in [6, 6.07) is 10.7. The molecule has 0 spiro atoms. The minimum absolute atomic E-state index is 0.173. The first-order chi connectivity index (χ1) is 11.7. The summed E-state index contributed by atoms with van der Waals surface area (Å²) < 4.78 is 5.14. The fraction of sp³-hybridized carbons (Fsp3) is 0.278. The number of esters is 1. The van der Waals surface area contributed by atoms with Crippen molar-refractivity contribution in [1.82, 2.24) is 4.98 Å². The molecule has 0 fully saturated rings. The van der Waals surface area contributed by atoms with E-state index in [0.29, 0.717) is 10.7 Å². The summed E-state index contributed by atoms with van der Waals surface area (Å²) in [7, 11) is 0. The summed E-state index contributed by atoms with van der Waals surface area (Å²) in [5.41, 5.74) is 0.468. The summed E-state index contributed by atoms with van der Waals surface area (Å²) in [5, 5.41) is 3.12. The topological polar surface area (TPSA) is 68.3 Å². The molecule has 132 valence electrons. The molecule has 0 aliphatic rings. The molecule has 0 atom stereocenters. The molecule has 1 N–H and O–H groups in total. The molecule has 0 radical (unpaired) electrons. The van der Waals surface area contributed by atoms with Crippen LogP contribution in [0.25, 0.3) is 0 Å². The molecule has 0 aliphatic carbocycles. The Morgan fingerprint density at radius 3 is 2.44 bits per heavy atom. The van der Waals surface area contributed by atoms with Gasteiger partial charge in [-0.3, -0.25) is 9.59 Å². The van der Waals surface area contributed by atoms with Crippen molar-refractivity contribution >= 4 is 40.9 Å². The van der Waals surface area contributed by atoms with Crippen molar-refractivity contribution < 1.29 is 14.3 Å². The minimum Gasteiger partial charge on any atom is -0.455 e.